The largest absolute Gasteiger partial charge is 0.394 e. The Kier molecular flexibility index (Phi) is 10.1. The molecule has 8 N–H and O–H groups in total. The van der Waals surface area contributed by atoms with Crippen molar-refractivity contribution in [1.82, 2.24) is 0 Å². The third-order valence-electron chi connectivity index (χ3n) is 9.06. The number of hydrogen-bond donors (Lipinski definition) is 8. The Labute approximate surface area is 274 Å². The molecule has 48 heavy (non-hydrogen) atoms. The summed E-state index contributed by atoms with van der Waals surface area (Å²) in [5.41, 5.74) is -12.3. The molecule has 0 spiro atoms. The molecule has 0 saturated carbocycles. The van der Waals surface area contributed by atoms with E-state index in [2.05, 4.69) is 0 Å². The first-order valence-electron chi connectivity index (χ1n) is 14.9. The highest BCUT2D eigenvalue weighted by Gasteiger charge is 2.83. The maximum atomic E-state index is 14.7. The summed E-state index contributed by atoms with van der Waals surface area (Å²) < 4.78 is 16.7. The first-order chi connectivity index (χ1) is 22.8. The number of ketones is 3. The molecule has 256 valence electrons. The standard InChI is InChI=1S/C34H36O14/c1-46-31-32(43,27(41)19-13-7-3-8-14-19)34(45,28(42)20-15-9-4-10-16-20)33(44,29-26(40)24(38)23(37)21(17-35)47-29)30(48-31)25(39)22(36)18-11-5-2-6-12-18/h2-16,21-24,26,29-31,35-38,40,43-45H,17H2,1H3/t21-,22?,23+,24+,26-,29-,30-,31+,32+,33+,34-/m1/s1. The molecular weight excluding hydrogens is 632 g/mol. The summed E-state index contributed by atoms with van der Waals surface area (Å²) in [5, 5.41) is 92.3. The summed E-state index contributed by atoms with van der Waals surface area (Å²) >= 11 is 0. The maximum absolute atomic E-state index is 14.7. The lowest BCUT2D eigenvalue weighted by molar-refractivity contribution is -0.392. The van der Waals surface area contributed by atoms with Crippen LogP contribution < -0.4 is 0 Å². The smallest absolute Gasteiger partial charge is 0.218 e. The van der Waals surface area contributed by atoms with E-state index < -0.39 is 95.3 Å². The molecule has 1 unspecified atom stereocenters. The van der Waals surface area contributed by atoms with E-state index in [-0.39, 0.29) is 11.1 Å². The predicted molar refractivity (Wildman–Crippen MR) is 162 cm³/mol. The van der Waals surface area contributed by atoms with Gasteiger partial charge in [-0.05, 0) is 5.56 Å². The fourth-order valence-electron chi connectivity index (χ4n) is 6.50. The number of rotatable bonds is 10. The molecule has 0 bridgehead atoms. The first-order valence-corrected chi connectivity index (χ1v) is 14.9. The molecule has 11 atom stereocenters. The number of methoxy groups -OCH3 is 1. The van der Waals surface area contributed by atoms with Crippen molar-refractivity contribution in [2.24, 2.45) is 0 Å². The van der Waals surface area contributed by atoms with Crippen LogP contribution in [0.15, 0.2) is 91.0 Å². The van der Waals surface area contributed by atoms with E-state index in [9.17, 15) is 55.2 Å². The zero-order valence-corrected chi connectivity index (χ0v) is 25.5. The van der Waals surface area contributed by atoms with Gasteiger partial charge in [-0.3, -0.25) is 14.4 Å². The number of carbonyl (C=O) groups is 3. The second-order valence-corrected chi connectivity index (χ2v) is 11.7. The lowest BCUT2D eigenvalue weighted by Gasteiger charge is -2.61. The molecule has 3 aromatic carbocycles. The molecule has 0 aliphatic carbocycles. The van der Waals surface area contributed by atoms with Gasteiger partial charge in [0.05, 0.1) is 6.61 Å². The predicted octanol–water partition coefficient (Wildman–Crippen LogP) is -1.54. The van der Waals surface area contributed by atoms with Crippen LogP contribution in [0.2, 0.25) is 0 Å². The topological polar surface area (TPSA) is 241 Å². The van der Waals surface area contributed by atoms with Gasteiger partial charge in [-0.15, -0.1) is 0 Å². The van der Waals surface area contributed by atoms with Gasteiger partial charge < -0.3 is 55.1 Å². The number of aliphatic hydroxyl groups excluding tert-OH is 5. The van der Waals surface area contributed by atoms with Crippen molar-refractivity contribution in [2.75, 3.05) is 13.7 Å². The minimum absolute atomic E-state index is 0.0460. The Morgan fingerprint density at radius 3 is 1.75 bits per heavy atom. The molecule has 14 heteroatoms. The molecule has 0 radical (unpaired) electrons. The molecule has 2 fully saturated rings. The molecule has 14 nitrogen and oxygen atoms in total. The molecule has 0 aromatic heterocycles. The SMILES string of the molecule is CO[C@H]1O[C@H](C(=O)C(O)c2ccccc2)[C@@](O)([C@@H]2O[C@H](CO)[C@H](O)[C@H](O)[C@H]2O)[C@@](O)(C(=O)c2ccccc2)[C@]1(O)C(=O)c1ccccc1. The maximum Gasteiger partial charge on any atom is 0.218 e. The van der Waals surface area contributed by atoms with Crippen LogP contribution in [0.3, 0.4) is 0 Å². The lowest BCUT2D eigenvalue weighted by atomic mass is 9.56. The third kappa shape index (κ3) is 5.31. The zero-order chi connectivity index (χ0) is 35.0. The highest BCUT2D eigenvalue weighted by Crippen LogP contribution is 2.53. The minimum atomic E-state index is -3.99. The summed E-state index contributed by atoms with van der Waals surface area (Å²) in [5.74, 6) is -4.50. The monoisotopic (exact) mass is 668 g/mol. The van der Waals surface area contributed by atoms with Gasteiger partial charge >= 0.3 is 0 Å². The van der Waals surface area contributed by atoms with Gasteiger partial charge in [0.2, 0.25) is 22.8 Å². The molecule has 0 amide bonds. The molecule has 5 rings (SSSR count). The van der Waals surface area contributed by atoms with Crippen LogP contribution in [0.5, 0.6) is 0 Å². The van der Waals surface area contributed by atoms with E-state index >= 15 is 0 Å². The van der Waals surface area contributed by atoms with Gasteiger partial charge in [-0.25, -0.2) is 0 Å². The van der Waals surface area contributed by atoms with E-state index in [4.69, 9.17) is 14.2 Å². The average molecular weight is 669 g/mol. The highest BCUT2D eigenvalue weighted by atomic mass is 16.7. The van der Waals surface area contributed by atoms with Crippen LogP contribution in [0.25, 0.3) is 0 Å². The van der Waals surface area contributed by atoms with Gasteiger partial charge in [-0.1, -0.05) is 91.0 Å². The summed E-state index contributed by atoms with van der Waals surface area (Å²) in [6.07, 6.45) is -18.4. The van der Waals surface area contributed by atoms with Crippen LogP contribution >= 0.6 is 0 Å². The van der Waals surface area contributed by atoms with Crippen molar-refractivity contribution < 1.29 is 69.4 Å². The third-order valence-corrected chi connectivity index (χ3v) is 9.06. The Hall–Kier alpha value is -3.77. The van der Waals surface area contributed by atoms with Crippen molar-refractivity contribution in [3.05, 3.63) is 108 Å². The van der Waals surface area contributed by atoms with Crippen LogP contribution in [-0.2, 0) is 19.0 Å². The van der Waals surface area contributed by atoms with Crippen molar-refractivity contribution in [2.45, 2.75) is 65.8 Å². The summed E-state index contributed by atoms with van der Waals surface area (Å²) in [6.45, 7) is -1.05. The fraction of sp³-hybridized carbons (Fsp3) is 0.382. The van der Waals surface area contributed by atoms with Crippen LogP contribution in [0.1, 0.15) is 32.4 Å². The van der Waals surface area contributed by atoms with Crippen molar-refractivity contribution in [3.8, 4) is 0 Å². The Balaban J connectivity index is 1.85. The van der Waals surface area contributed by atoms with Gasteiger partial charge in [0.1, 0.15) is 36.6 Å². The Morgan fingerprint density at radius 2 is 1.25 bits per heavy atom. The van der Waals surface area contributed by atoms with E-state index in [1.54, 1.807) is 6.07 Å². The molecule has 2 aliphatic heterocycles. The van der Waals surface area contributed by atoms with Gasteiger partial charge in [0.25, 0.3) is 0 Å². The summed E-state index contributed by atoms with van der Waals surface area (Å²) in [6, 6.07) is 20.5. The van der Waals surface area contributed by atoms with Crippen LogP contribution in [0.4, 0.5) is 0 Å². The molecule has 2 heterocycles. The van der Waals surface area contributed by atoms with E-state index in [1.165, 1.54) is 72.8 Å². The van der Waals surface area contributed by atoms with Gasteiger partial charge in [0.15, 0.2) is 23.8 Å². The van der Waals surface area contributed by atoms with Gasteiger partial charge in [-0.2, -0.15) is 0 Å². The van der Waals surface area contributed by atoms with E-state index in [0.717, 1.165) is 19.2 Å². The summed E-state index contributed by atoms with van der Waals surface area (Å²) in [4.78, 5) is 43.3. The zero-order valence-electron chi connectivity index (χ0n) is 25.5. The second kappa shape index (κ2) is 13.6. The minimum Gasteiger partial charge on any atom is -0.394 e. The summed E-state index contributed by atoms with van der Waals surface area (Å²) in [7, 11) is 0.911. The second-order valence-electron chi connectivity index (χ2n) is 11.7. The number of ether oxygens (including phenoxy) is 3. The number of carbonyl (C=O) groups excluding carboxylic acids is 3. The van der Waals surface area contributed by atoms with E-state index in [0.29, 0.717) is 0 Å². The normalized spacial score (nSPS) is 35.8. The number of hydrogen-bond acceptors (Lipinski definition) is 14. The molecule has 2 saturated heterocycles. The van der Waals surface area contributed by atoms with Crippen LogP contribution in [-0.4, -0.2) is 132 Å². The number of aliphatic hydroxyl groups is 8. The number of benzene rings is 3. The average Bonchev–Trinajstić information content (AvgIpc) is 3.12. The fourth-order valence-corrected chi connectivity index (χ4v) is 6.50. The van der Waals surface area contributed by atoms with E-state index in [1.807, 2.05) is 0 Å². The molecule has 2 aliphatic rings. The van der Waals surface area contributed by atoms with Crippen molar-refractivity contribution in [1.29, 1.82) is 0 Å². The molecular formula is C34H36O14. The highest BCUT2D eigenvalue weighted by molar-refractivity contribution is 6.14. The Bertz CT molecular complexity index is 1600. The quantitative estimate of drug-likeness (QED) is 0.114. The van der Waals surface area contributed by atoms with Crippen LogP contribution in [0, 0.1) is 0 Å². The number of Topliss-reactive ketones (excluding diaryl/α,β-unsaturated/α-hetero) is 3. The van der Waals surface area contributed by atoms with Crippen molar-refractivity contribution in [3.63, 3.8) is 0 Å². The lowest BCUT2D eigenvalue weighted by Crippen LogP contribution is -2.90. The molecule has 3 aromatic rings. The first kappa shape index (κ1) is 35.5. The Morgan fingerprint density at radius 1 is 0.750 bits per heavy atom. The van der Waals surface area contributed by atoms with Crippen molar-refractivity contribution >= 4 is 17.3 Å². The van der Waals surface area contributed by atoms with Gasteiger partial charge in [0, 0.05) is 18.2 Å².